The fourth-order valence-electron chi connectivity index (χ4n) is 5.95. The lowest BCUT2D eigenvalue weighted by molar-refractivity contribution is 0.00624. The van der Waals surface area contributed by atoms with Gasteiger partial charge in [0, 0.05) is 12.7 Å². The highest BCUT2D eigenvalue weighted by molar-refractivity contribution is 5.50. The van der Waals surface area contributed by atoms with Crippen LogP contribution in [0.3, 0.4) is 0 Å². The Morgan fingerprint density at radius 1 is 0.781 bits per heavy atom. The zero-order valence-corrected chi connectivity index (χ0v) is 20.2. The number of ether oxygens (including phenoxy) is 1. The van der Waals surface area contributed by atoms with E-state index in [9.17, 15) is 8.78 Å². The quantitative estimate of drug-likeness (QED) is 0.290. The molecule has 0 aliphatic heterocycles. The first-order valence-electron chi connectivity index (χ1n) is 13.4. The summed E-state index contributed by atoms with van der Waals surface area (Å²) in [6, 6.07) is 7.75. The highest BCUT2D eigenvalue weighted by Gasteiger charge is 2.31. The molecule has 0 atom stereocenters. The molecule has 0 N–H and O–H groups in total. The van der Waals surface area contributed by atoms with Gasteiger partial charge in [-0.2, -0.15) is 8.78 Å². The second-order valence-electron chi connectivity index (χ2n) is 10.2. The van der Waals surface area contributed by atoms with Crippen molar-refractivity contribution >= 4 is 6.08 Å². The van der Waals surface area contributed by atoms with Crippen molar-refractivity contribution in [3.05, 3.63) is 41.5 Å². The molecule has 0 amide bonds. The van der Waals surface area contributed by atoms with Crippen molar-refractivity contribution in [2.24, 2.45) is 11.8 Å². The van der Waals surface area contributed by atoms with Crippen molar-refractivity contribution in [1.29, 1.82) is 0 Å². The van der Waals surface area contributed by atoms with Crippen LogP contribution in [0.5, 0.6) is 0 Å². The Balaban J connectivity index is 1.28. The summed E-state index contributed by atoms with van der Waals surface area (Å²) in [6.07, 6.45) is 19.6. The first-order valence-corrected chi connectivity index (χ1v) is 13.4. The van der Waals surface area contributed by atoms with E-state index >= 15 is 0 Å². The van der Waals surface area contributed by atoms with Crippen LogP contribution >= 0.6 is 0 Å². The van der Waals surface area contributed by atoms with Gasteiger partial charge in [0.2, 0.25) is 0 Å². The Kier molecular flexibility index (Phi) is 11.2. The molecular formula is C29H44F2O. The number of hydrogen-bond acceptors (Lipinski definition) is 1. The summed E-state index contributed by atoms with van der Waals surface area (Å²) < 4.78 is 31.0. The lowest BCUT2D eigenvalue weighted by Crippen LogP contribution is -2.28. The van der Waals surface area contributed by atoms with Gasteiger partial charge in [-0.3, -0.25) is 0 Å². The molecule has 2 aliphatic rings. The van der Waals surface area contributed by atoms with Crippen LogP contribution < -0.4 is 0 Å². The molecule has 0 saturated heterocycles. The Hall–Kier alpha value is -1.22. The minimum atomic E-state index is -1.63. The molecule has 0 heterocycles. The molecule has 1 aromatic rings. The minimum absolute atomic E-state index is 0.504. The van der Waals surface area contributed by atoms with E-state index in [1.807, 2.05) is 24.3 Å². The van der Waals surface area contributed by atoms with E-state index in [0.717, 1.165) is 24.5 Å². The van der Waals surface area contributed by atoms with Gasteiger partial charge in [0.15, 0.2) is 0 Å². The summed E-state index contributed by atoms with van der Waals surface area (Å²) in [6.45, 7) is 3.23. The Morgan fingerprint density at radius 2 is 1.34 bits per heavy atom. The normalized spacial score (nSPS) is 26.1. The number of hydrogen-bond donors (Lipinski definition) is 0. The van der Waals surface area contributed by atoms with Crippen molar-refractivity contribution in [2.45, 2.75) is 115 Å². The van der Waals surface area contributed by atoms with Gasteiger partial charge in [-0.25, -0.2) is 0 Å². The SMILES string of the molecule is CCCCCCCCCOC1CCC(C2CCC(c3ccc(C=C(F)F)cc3)CC2)CC1. The van der Waals surface area contributed by atoms with Crippen molar-refractivity contribution < 1.29 is 13.5 Å². The summed E-state index contributed by atoms with van der Waals surface area (Å²) >= 11 is 0. The van der Waals surface area contributed by atoms with Gasteiger partial charge in [-0.1, -0.05) is 69.7 Å². The fraction of sp³-hybridized carbons (Fsp3) is 0.724. The van der Waals surface area contributed by atoms with Crippen molar-refractivity contribution in [2.75, 3.05) is 6.61 Å². The number of halogens is 2. The molecule has 3 rings (SSSR count). The molecule has 3 heteroatoms. The van der Waals surface area contributed by atoms with Crippen LogP contribution in [0.25, 0.3) is 6.08 Å². The van der Waals surface area contributed by atoms with Crippen LogP contribution in [0.2, 0.25) is 0 Å². The molecule has 0 radical (unpaired) electrons. The highest BCUT2D eigenvalue weighted by atomic mass is 19.3. The molecular weight excluding hydrogens is 402 g/mol. The lowest BCUT2D eigenvalue weighted by Gasteiger charge is -2.38. The Labute approximate surface area is 195 Å². The van der Waals surface area contributed by atoms with Gasteiger partial charge in [-0.15, -0.1) is 0 Å². The molecule has 1 nitrogen and oxygen atoms in total. The van der Waals surface area contributed by atoms with Crippen molar-refractivity contribution in [1.82, 2.24) is 0 Å². The first kappa shape index (κ1) is 25.4. The maximum atomic E-state index is 12.4. The topological polar surface area (TPSA) is 9.23 Å². The summed E-state index contributed by atoms with van der Waals surface area (Å²) in [4.78, 5) is 0. The monoisotopic (exact) mass is 446 g/mol. The van der Waals surface area contributed by atoms with Gasteiger partial charge >= 0.3 is 0 Å². The Bertz CT molecular complexity index is 648. The van der Waals surface area contributed by atoms with Gasteiger partial charge < -0.3 is 4.74 Å². The maximum absolute atomic E-state index is 12.4. The predicted octanol–water partition coefficient (Wildman–Crippen LogP) is 9.52. The molecule has 0 unspecified atom stereocenters. The van der Waals surface area contributed by atoms with Crippen LogP contribution in [0.1, 0.15) is 120 Å². The summed E-state index contributed by atoms with van der Waals surface area (Å²) in [7, 11) is 0. The number of unbranched alkanes of at least 4 members (excludes halogenated alkanes) is 6. The molecule has 32 heavy (non-hydrogen) atoms. The van der Waals surface area contributed by atoms with Crippen LogP contribution in [0.4, 0.5) is 8.78 Å². The zero-order chi connectivity index (χ0) is 22.6. The van der Waals surface area contributed by atoms with E-state index < -0.39 is 6.08 Å². The van der Waals surface area contributed by atoms with E-state index in [2.05, 4.69) is 6.92 Å². The molecule has 0 bridgehead atoms. The van der Waals surface area contributed by atoms with E-state index in [4.69, 9.17) is 4.74 Å². The second-order valence-corrected chi connectivity index (χ2v) is 10.2. The molecule has 2 saturated carbocycles. The van der Waals surface area contributed by atoms with Gasteiger partial charge in [0.25, 0.3) is 6.08 Å². The fourth-order valence-corrected chi connectivity index (χ4v) is 5.95. The molecule has 0 aromatic heterocycles. The largest absolute Gasteiger partial charge is 0.378 e. The second kappa shape index (κ2) is 14.1. The van der Waals surface area contributed by atoms with E-state index in [0.29, 0.717) is 17.6 Å². The smallest absolute Gasteiger partial charge is 0.270 e. The molecule has 2 fully saturated rings. The Morgan fingerprint density at radius 3 is 1.94 bits per heavy atom. The van der Waals surface area contributed by atoms with Gasteiger partial charge in [0.05, 0.1) is 6.10 Å². The average Bonchev–Trinajstić information content (AvgIpc) is 2.81. The lowest BCUT2D eigenvalue weighted by atomic mass is 9.69. The van der Waals surface area contributed by atoms with Crippen LogP contribution in [-0.2, 0) is 4.74 Å². The number of rotatable bonds is 12. The molecule has 2 aliphatic carbocycles. The van der Waals surface area contributed by atoms with Crippen LogP contribution in [0.15, 0.2) is 30.3 Å². The minimum Gasteiger partial charge on any atom is -0.378 e. The first-order chi connectivity index (χ1) is 15.7. The van der Waals surface area contributed by atoms with Crippen molar-refractivity contribution in [3.63, 3.8) is 0 Å². The third-order valence-electron chi connectivity index (χ3n) is 7.94. The standard InChI is InChI=1S/C29H44F2O/c1-2-3-4-5-6-7-8-21-32-28-19-17-27(18-20-28)26-15-13-25(14-16-26)24-11-9-23(10-12-24)22-29(30)31/h9-12,22,25-28H,2-8,13-21H2,1H3. The summed E-state index contributed by atoms with van der Waals surface area (Å²) in [5.41, 5.74) is 1.91. The molecule has 1 aromatic carbocycles. The summed E-state index contributed by atoms with van der Waals surface area (Å²) in [5.74, 6) is 2.36. The van der Waals surface area contributed by atoms with Crippen molar-refractivity contribution in [3.8, 4) is 0 Å². The third-order valence-corrected chi connectivity index (χ3v) is 7.94. The highest BCUT2D eigenvalue weighted by Crippen LogP contribution is 2.43. The third kappa shape index (κ3) is 8.61. The van der Waals surface area contributed by atoms with Crippen LogP contribution in [-0.4, -0.2) is 12.7 Å². The van der Waals surface area contributed by atoms with Gasteiger partial charge in [-0.05, 0) is 86.7 Å². The molecule has 0 spiro atoms. The average molecular weight is 447 g/mol. The maximum Gasteiger partial charge on any atom is 0.270 e. The molecule has 180 valence electrons. The van der Waals surface area contributed by atoms with E-state index in [1.165, 1.54) is 102 Å². The van der Waals surface area contributed by atoms with Gasteiger partial charge in [0.1, 0.15) is 0 Å². The summed E-state index contributed by atoms with van der Waals surface area (Å²) in [5, 5.41) is 0. The predicted molar refractivity (Wildman–Crippen MR) is 131 cm³/mol. The zero-order valence-electron chi connectivity index (χ0n) is 20.2. The van der Waals surface area contributed by atoms with E-state index in [1.54, 1.807) is 0 Å². The van der Waals surface area contributed by atoms with E-state index in [-0.39, 0.29) is 0 Å². The van der Waals surface area contributed by atoms with Crippen LogP contribution in [0, 0.1) is 11.8 Å². The number of benzene rings is 1.